The number of alkyl carbamates (subject to hydrolysis) is 1. The number of nitrogens with one attached hydrogen (secondary N) is 1. The van der Waals surface area contributed by atoms with Crippen LogP contribution in [0.25, 0.3) is 0 Å². The van der Waals surface area contributed by atoms with Gasteiger partial charge in [0.05, 0.1) is 23.4 Å². The molecule has 2 aromatic carbocycles. The van der Waals surface area contributed by atoms with Crippen molar-refractivity contribution < 1.29 is 22.7 Å². The van der Waals surface area contributed by atoms with Crippen LogP contribution in [-0.2, 0) is 27.8 Å². The summed E-state index contributed by atoms with van der Waals surface area (Å²) in [7, 11) is -2.24. The Hall–Kier alpha value is -2.88. The number of sulfonamides is 1. The highest BCUT2D eigenvalue weighted by atomic mass is 32.2. The van der Waals surface area contributed by atoms with E-state index in [0.717, 1.165) is 16.0 Å². The van der Waals surface area contributed by atoms with E-state index in [2.05, 4.69) is 5.32 Å². The number of carbonyl (C=O) groups is 1. The third kappa shape index (κ3) is 4.73. The number of amides is 1. The second-order valence-corrected chi connectivity index (χ2v) is 9.90. The van der Waals surface area contributed by atoms with Crippen molar-refractivity contribution in [3.63, 3.8) is 0 Å². The highest BCUT2D eigenvalue weighted by Gasteiger charge is 2.36. The van der Waals surface area contributed by atoms with Crippen LogP contribution in [0.5, 0.6) is 5.75 Å². The first-order valence-corrected chi connectivity index (χ1v) is 12.0. The highest BCUT2D eigenvalue weighted by molar-refractivity contribution is 7.89. The molecule has 0 saturated carbocycles. The van der Waals surface area contributed by atoms with Crippen molar-refractivity contribution in [2.24, 2.45) is 0 Å². The summed E-state index contributed by atoms with van der Waals surface area (Å²) in [6, 6.07) is 17.6. The molecule has 162 valence electrons. The quantitative estimate of drug-likeness (QED) is 0.605. The first-order chi connectivity index (χ1) is 15.0. The lowest BCUT2D eigenvalue weighted by Gasteiger charge is -2.31. The maximum absolute atomic E-state index is 13.2. The van der Waals surface area contributed by atoms with Crippen LogP contribution in [0.3, 0.4) is 0 Å². The summed E-state index contributed by atoms with van der Waals surface area (Å²) in [6.07, 6.45) is -1.26. The molecule has 31 heavy (non-hydrogen) atoms. The standard InChI is InChI=1S/C22H22N2O5S2/c1-28-18-7-9-19(10-8-18)31(26,27)24-14-17-11-12-30-21(17)20(15-24)29-22(25)23-13-16-5-3-2-4-6-16/h2-12,20H,13-15H2,1H3,(H,23,25). The number of hydrogen-bond acceptors (Lipinski definition) is 6. The normalized spacial score (nSPS) is 16.4. The van der Waals surface area contributed by atoms with Crippen LogP contribution in [0.2, 0.25) is 0 Å². The van der Waals surface area contributed by atoms with Gasteiger partial charge in [-0.15, -0.1) is 11.3 Å². The molecule has 4 rings (SSSR count). The summed E-state index contributed by atoms with van der Waals surface area (Å²) in [5.74, 6) is 0.578. The Kier molecular flexibility index (Phi) is 6.26. The molecule has 1 atom stereocenters. The van der Waals surface area contributed by atoms with E-state index in [1.165, 1.54) is 34.9 Å². The molecule has 1 amide bonds. The minimum Gasteiger partial charge on any atom is -0.497 e. The average molecular weight is 459 g/mol. The first-order valence-electron chi connectivity index (χ1n) is 9.66. The Bertz CT molecular complexity index is 1140. The summed E-state index contributed by atoms with van der Waals surface area (Å²) < 4.78 is 38.5. The van der Waals surface area contributed by atoms with Gasteiger partial charge in [-0.25, -0.2) is 13.2 Å². The minimum absolute atomic E-state index is 0.0562. The summed E-state index contributed by atoms with van der Waals surface area (Å²) in [5.41, 5.74) is 1.79. The molecule has 2 heterocycles. The average Bonchev–Trinajstić information content (AvgIpc) is 3.27. The van der Waals surface area contributed by atoms with Gasteiger partial charge < -0.3 is 14.8 Å². The van der Waals surface area contributed by atoms with Gasteiger partial charge >= 0.3 is 6.09 Å². The van der Waals surface area contributed by atoms with Crippen molar-refractivity contribution in [3.8, 4) is 5.75 Å². The molecule has 0 fully saturated rings. The molecular weight excluding hydrogens is 436 g/mol. The summed E-state index contributed by atoms with van der Waals surface area (Å²) in [6.45, 7) is 0.622. The number of nitrogens with zero attached hydrogens (tertiary/aromatic N) is 1. The van der Waals surface area contributed by atoms with Gasteiger partial charge in [-0.1, -0.05) is 30.3 Å². The van der Waals surface area contributed by atoms with Crippen molar-refractivity contribution >= 4 is 27.5 Å². The fraction of sp³-hybridized carbons (Fsp3) is 0.227. The van der Waals surface area contributed by atoms with Crippen LogP contribution in [0.15, 0.2) is 70.9 Å². The first kappa shape index (κ1) is 21.4. The zero-order valence-electron chi connectivity index (χ0n) is 16.9. The fourth-order valence-electron chi connectivity index (χ4n) is 3.39. The Labute approximate surface area is 185 Å². The minimum atomic E-state index is -3.76. The van der Waals surface area contributed by atoms with Crippen LogP contribution in [-0.4, -0.2) is 32.5 Å². The Morgan fingerprint density at radius 3 is 2.58 bits per heavy atom. The molecule has 1 unspecified atom stereocenters. The number of fused-ring (bicyclic) bond motifs is 1. The highest BCUT2D eigenvalue weighted by Crippen LogP contribution is 2.36. The van der Waals surface area contributed by atoms with Gasteiger partial charge in [-0.3, -0.25) is 0 Å². The zero-order valence-corrected chi connectivity index (χ0v) is 18.5. The maximum Gasteiger partial charge on any atom is 0.408 e. The molecule has 0 spiro atoms. The van der Waals surface area contributed by atoms with Gasteiger partial charge in [0.25, 0.3) is 0 Å². The molecule has 1 aliphatic heterocycles. The van der Waals surface area contributed by atoms with Crippen molar-refractivity contribution in [3.05, 3.63) is 82.0 Å². The number of carbonyl (C=O) groups excluding carboxylic acids is 1. The summed E-state index contributed by atoms with van der Waals surface area (Å²) >= 11 is 1.46. The predicted octanol–water partition coefficient (Wildman–Crippen LogP) is 3.93. The largest absolute Gasteiger partial charge is 0.497 e. The van der Waals surface area contributed by atoms with Crippen LogP contribution < -0.4 is 10.1 Å². The van der Waals surface area contributed by atoms with Crippen LogP contribution in [0, 0.1) is 0 Å². The van der Waals surface area contributed by atoms with E-state index in [-0.39, 0.29) is 18.0 Å². The summed E-state index contributed by atoms with van der Waals surface area (Å²) in [5, 5.41) is 4.61. The number of hydrogen-bond donors (Lipinski definition) is 1. The lowest BCUT2D eigenvalue weighted by atomic mass is 10.1. The fourth-order valence-corrected chi connectivity index (χ4v) is 5.75. The topological polar surface area (TPSA) is 84.9 Å². The molecule has 1 aromatic heterocycles. The SMILES string of the molecule is COc1ccc(S(=O)(=O)N2Cc3ccsc3C(OC(=O)NCc3ccccc3)C2)cc1. The molecule has 1 aliphatic rings. The van der Waals surface area contributed by atoms with Crippen molar-refractivity contribution in [2.45, 2.75) is 24.1 Å². The van der Waals surface area contributed by atoms with Gasteiger partial charge in [0.1, 0.15) is 5.75 Å². The lowest BCUT2D eigenvalue weighted by molar-refractivity contribution is 0.0791. The van der Waals surface area contributed by atoms with E-state index in [0.29, 0.717) is 12.3 Å². The van der Waals surface area contributed by atoms with Crippen LogP contribution >= 0.6 is 11.3 Å². The van der Waals surface area contributed by atoms with E-state index in [1.807, 2.05) is 41.8 Å². The number of rotatable bonds is 6. The molecule has 0 radical (unpaired) electrons. The third-order valence-corrected chi connectivity index (χ3v) is 7.89. The maximum atomic E-state index is 13.2. The predicted molar refractivity (Wildman–Crippen MR) is 117 cm³/mol. The van der Waals surface area contributed by atoms with Gasteiger partial charge in [-0.05, 0) is 46.8 Å². The zero-order chi connectivity index (χ0) is 21.8. The molecule has 9 heteroatoms. The van der Waals surface area contributed by atoms with Crippen LogP contribution in [0.4, 0.5) is 4.79 Å². The van der Waals surface area contributed by atoms with Crippen molar-refractivity contribution in [2.75, 3.05) is 13.7 Å². The number of ether oxygens (including phenoxy) is 2. The Balaban J connectivity index is 1.49. The number of thiophene rings is 1. The number of benzene rings is 2. The number of methoxy groups -OCH3 is 1. The molecule has 0 bridgehead atoms. The lowest BCUT2D eigenvalue weighted by Crippen LogP contribution is -2.40. The van der Waals surface area contributed by atoms with E-state index in [9.17, 15) is 13.2 Å². The van der Waals surface area contributed by atoms with E-state index in [4.69, 9.17) is 9.47 Å². The second-order valence-electron chi connectivity index (χ2n) is 7.02. The smallest absolute Gasteiger partial charge is 0.408 e. The van der Waals surface area contributed by atoms with Crippen molar-refractivity contribution in [1.29, 1.82) is 0 Å². The van der Waals surface area contributed by atoms with Gasteiger partial charge in [-0.2, -0.15) is 4.31 Å². The monoisotopic (exact) mass is 458 g/mol. The molecule has 0 saturated heterocycles. The van der Waals surface area contributed by atoms with E-state index < -0.39 is 22.2 Å². The van der Waals surface area contributed by atoms with Crippen LogP contribution in [0.1, 0.15) is 22.1 Å². The Morgan fingerprint density at radius 1 is 1.13 bits per heavy atom. The van der Waals surface area contributed by atoms with E-state index in [1.54, 1.807) is 12.1 Å². The molecular formula is C22H22N2O5S2. The summed E-state index contributed by atoms with van der Waals surface area (Å²) in [4.78, 5) is 13.4. The van der Waals surface area contributed by atoms with Gasteiger partial charge in [0, 0.05) is 13.1 Å². The molecule has 3 aromatic rings. The van der Waals surface area contributed by atoms with Gasteiger partial charge in [0.2, 0.25) is 10.0 Å². The molecule has 1 N–H and O–H groups in total. The third-order valence-electron chi connectivity index (χ3n) is 5.02. The van der Waals surface area contributed by atoms with Crippen molar-refractivity contribution in [1.82, 2.24) is 9.62 Å². The second kappa shape index (κ2) is 9.09. The molecule has 7 nitrogen and oxygen atoms in total. The molecule has 0 aliphatic carbocycles. The Morgan fingerprint density at radius 2 is 1.87 bits per heavy atom. The van der Waals surface area contributed by atoms with Gasteiger partial charge in [0.15, 0.2) is 6.10 Å². The van der Waals surface area contributed by atoms with E-state index >= 15 is 0 Å².